The van der Waals surface area contributed by atoms with Gasteiger partial charge in [0, 0.05) is 32.6 Å². The number of carbonyl (C=O) groups excluding carboxylic acids is 1. The number of terminal acetylenes is 1. The first-order valence-electron chi connectivity index (χ1n) is 18.6. The molecule has 0 N–H and O–H groups in total. The van der Waals surface area contributed by atoms with E-state index in [-0.39, 0.29) is 43.4 Å². The Bertz CT molecular complexity index is 1920. The van der Waals surface area contributed by atoms with Crippen LogP contribution in [0.3, 0.4) is 0 Å². The van der Waals surface area contributed by atoms with E-state index in [9.17, 15) is 9.59 Å². The summed E-state index contributed by atoms with van der Waals surface area (Å²) in [5.74, 6) is 4.02. The van der Waals surface area contributed by atoms with Gasteiger partial charge in [0.1, 0.15) is 29.4 Å². The van der Waals surface area contributed by atoms with Crippen molar-refractivity contribution in [3.8, 4) is 23.8 Å². The molecule has 3 aromatic carbocycles. The van der Waals surface area contributed by atoms with Gasteiger partial charge < -0.3 is 28.3 Å². The van der Waals surface area contributed by atoms with Gasteiger partial charge in [-0.15, -0.1) is 12.3 Å². The van der Waals surface area contributed by atoms with Crippen molar-refractivity contribution in [1.29, 1.82) is 0 Å². The van der Waals surface area contributed by atoms with Crippen molar-refractivity contribution in [1.82, 2.24) is 14.4 Å². The molecule has 14 heteroatoms. The molecule has 1 saturated heterocycles. The maximum atomic E-state index is 13.5. The smallest absolute Gasteiger partial charge is 0.497 e. The zero-order chi connectivity index (χ0) is 40.4. The number of aromatic nitrogens is 2. The number of methoxy groups -OCH3 is 2. The van der Waals surface area contributed by atoms with Crippen LogP contribution in [-0.2, 0) is 29.2 Å². The number of hydrogen-bond acceptors (Lipinski definition) is 10. The molecule has 1 aliphatic rings. The fourth-order valence-electron chi connectivity index (χ4n) is 6.99. The number of benzene rings is 3. The van der Waals surface area contributed by atoms with Crippen LogP contribution in [0.1, 0.15) is 70.4 Å². The summed E-state index contributed by atoms with van der Waals surface area (Å²) >= 11 is 1.82. The molecule has 12 nitrogen and oxygen atoms in total. The Morgan fingerprint density at radius 3 is 2.04 bits per heavy atom. The first kappa shape index (κ1) is 42.9. The third kappa shape index (κ3) is 9.82. The van der Waals surface area contributed by atoms with Gasteiger partial charge >= 0.3 is 12.9 Å². The molecular weight excluding hydrogens is 826 g/mol. The van der Waals surface area contributed by atoms with E-state index in [2.05, 4.69) is 43.4 Å². The van der Waals surface area contributed by atoms with Crippen molar-refractivity contribution in [2.45, 2.75) is 83.6 Å². The zero-order valence-electron chi connectivity index (χ0n) is 33.0. The number of nitrogens with zero attached hydrogens (tertiary/aromatic N) is 4. The van der Waals surface area contributed by atoms with Crippen LogP contribution in [0.5, 0.6) is 11.5 Å². The quantitative estimate of drug-likeness (QED) is 0.0265. The number of rotatable bonds is 18. The Labute approximate surface area is 344 Å². The van der Waals surface area contributed by atoms with Crippen LogP contribution in [0.25, 0.3) is 0 Å². The van der Waals surface area contributed by atoms with Gasteiger partial charge in [0.05, 0.1) is 49.8 Å². The Kier molecular flexibility index (Phi) is 15.1. The minimum Gasteiger partial charge on any atom is -0.497 e. The average Bonchev–Trinajstić information content (AvgIpc) is 3.60. The molecule has 1 aromatic heterocycles. The summed E-state index contributed by atoms with van der Waals surface area (Å²) in [7, 11) is 2.49. The lowest BCUT2D eigenvalue weighted by atomic mass is 9.80. The van der Waals surface area contributed by atoms with Crippen molar-refractivity contribution in [2.24, 2.45) is 0 Å². The highest BCUT2D eigenvalue weighted by atomic mass is 127. The van der Waals surface area contributed by atoms with Crippen LogP contribution in [0.4, 0.5) is 5.82 Å². The number of anilines is 1. The Morgan fingerprint density at radius 2 is 1.54 bits per heavy atom. The topological polar surface area (TPSA) is 114 Å². The van der Waals surface area contributed by atoms with E-state index in [4.69, 9.17) is 34.7 Å². The third-order valence-corrected chi connectivity index (χ3v) is 10.8. The standard InChI is InChI=1S/C42H50BIN4O8/c1-9-10-26-54-43(47(29(2)3)30(4)5)56-37-27-40(46-25-24-39(45-41(46)50)48(44)31(6)49)55-38(37)28-53-42(32-14-12-11-13-15-32,33-16-20-35(51-7)21-17-33)34-18-22-36(52-8)23-19-34/h1,11-25,29-30,37-38,40H,10,26-28H2,2-8H3. The van der Waals surface area contributed by atoms with Crippen molar-refractivity contribution in [3.63, 3.8) is 0 Å². The molecule has 0 aliphatic carbocycles. The molecule has 0 bridgehead atoms. The lowest BCUT2D eigenvalue weighted by molar-refractivity contribution is -0.115. The van der Waals surface area contributed by atoms with E-state index in [1.807, 2.05) is 102 Å². The number of hydrogen-bond donors (Lipinski definition) is 0. The van der Waals surface area contributed by atoms with Crippen LogP contribution in [0.15, 0.2) is 95.9 Å². The Hall–Kier alpha value is -4.24. The molecule has 5 rings (SSSR count). The van der Waals surface area contributed by atoms with E-state index in [1.54, 1.807) is 26.5 Å². The molecule has 0 spiro atoms. The molecule has 1 fully saturated rings. The second-order valence-corrected chi connectivity index (χ2v) is 14.9. The first-order chi connectivity index (χ1) is 26.9. The molecule has 3 unspecified atom stereocenters. The minimum atomic E-state index is -1.13. The van der Waals surface area contributed by atoms with E-state index < -0.39 is 37.0 Å². The van der Waals surface area contributed by atoms with Crippen LogP contribution < -0.4 is 18.3 Å². The number of ether oxygens (including phenoxy) is 4. The predicted octanol–water partition coefficient (Wildman–Crippen LogP) is 6.79. The van der Waals surface area contributed by atoms with Crippen LogP contribution >= 0.6 is 22.9 Å². The number of carbonyl (C=O) groups is 1. The summed E-state index contributed by atoms with van der Waals surface area (Å²) in [6.45, 7) is 10.1. The predicted molar refractivity (Wildman–Crippen MR) is 225 cm³/mol. The molecule has 2 heterocycles. The lowest BCUT2D eigenvalue weighted by Gasteiger charge is -2.38. The van der Waals surface area contributed by atoms with Crippen molar-refractivity contribution < 1.29 is 33.1 Å². The highest BCUT2D eigenvalue weighted by molar-refractivity contribution is 14.1. The zero-order valence-corrected chi connectivity index (χ0v) is 35.1. The maximum absolute atomic E-state index is 13.5. The second kappa shape index (κ2) is 19.8. The summed E-state index contributed by atoms with van der Waals surface area (Å²) in [6, 6.07) is 27.3. The largest absolute Gasteiger partial charge is 0.558 e. The Balaban J connectivity index is 1.60. The lowest BCUT2D eigenvalue weighted by Crippen LogP contribution is -2.54. The van der Waals surface area contributed by atoms with Gasteiger partial charge in [-0.05, 0) is 59.1 Å². The Morgan fingerprint density at radius 1 is 0.964 bits per heavy atom. The van der Waals surface area contributed by atoms with Gasteiger partial charge in [0.25, 0.3) is 0 Å². The van der Waals surface area contributed by atoms with Gasteiger partial charge in [0.2, 0.25) is 5.91 Å². The van der Waals surface area contributed by atoms with Crippen LogP contribution in [0, 0.1) is 12.3 Å². The molecule has 3 atom stereocenters. The van der Waals surface area contributed by atoms with Gasteiger partial charge in [0.15, 0.2) is 5.82 Å². The summed E-state index contributed by atoms with van der Waals surface area (Å²) < 4.78 is 41.0. The molecule has 1 amide bonds. The van der Waals surface area contributed by atoms with Crippen molar-refractivity contribution in [3.05, 3.63) is 118 Å². The van der Waals surface area contributed by atoms with E-state index in [0.717, 1.165) is 16.7 Å². The average molecular weight is 877 g/mol. The second-order valence-electron chi connectivity index (χ2n) is 13.9. The van der Waals surface area contributed by atoms with Crippen molar-refractivity contribution >= 4 is 41.8 Å². The van der Waals surface area contributed by atoms with E-state index in [1.165, 1.54) is 14.6 Å². The maximum Gasteiger partial charge on any atom is 0.558 e. The van der Waals surface area contributed by atoms with E-state index >= 15 is 0 Å². The van der Waals surface area contributed by atoms with Gasteiger partial charge in [-0.2, -0.15) is 4.98 Å². The normalized spacial score (nSPS) is 16.9. The minimum absolute atomic E-state index is 0.0423. The molecule has 0 radical (unpaired) electrons. The van der Waals surface area contributed by atoms with Crippen LogP contribution in [0.2, 0.25) is 0 Å². The number of amides is 1. The van der Waals surface area contributed by atoms with Crippen LogP contribution in [-0.4, -0.2) is 79.2 Å². The SMILES string of the molecule is C#CCCOB(OC1CC(n2ccc(N(I)C(C)=O)nc2=O)OC1COC(c1ccccc1)(c1ccc(OC)cc1)c1ccc(OC)cc1)N(C(C)C)C(C)C. The van der Waals surface area contributed by atoms with E-state index in [0.29, 0.717) is 17.9 Å². The molecule has 1 aliphatic heterocycles. The highest BCUT2D eigenvalue weighted by Gasteiger charge is 2.46. The fraction of sp³-hybridized carbons (Fsp3) is 0.405. The molecule has 4 aromatic rings. The fourth-order valence-corrected chi connectivity index (χ4v) is 7.26. The highest BCUT2D eigenvalue weighted by Crippen LogP contribution is 2.43. The summed E-state index contributed by atoms with van der Waals surface area (Å²) in [5.41, 5.74) is 0.889. The van der Waals surface area contributed by atoms with Gasteiger partial charge in [-0.3, -0.25) is 14.2 Å². The summed E-state index contributed by atoms with van der Waals surface area (Å²) in [5, 5.41) is 0. The molecule has 0 saturated carbocycles. The third-order valence-electron chi connectivity index (χ3n) is 9.66. The summed E-state index contributed by atoms with van der Waals surface area (Å²) in [6.07, 6.45) is 5.80. The van der Waals surface area contributed by atoms with Gasteiger partial charge in [-0.1, -0.05) is 82.3 Å². The summed E-state index contributed by atoms with van der Waals surface area (Å²) in [4.78, 5) is 31.9. The molecular formula is C42H50BIN4O8. The molecule has 56 heavy (non-hydrogen) atoms. The number of halogens is 1. The van der Waals surface area contributed by atoms with Gasteiger partial charge in [-0.25, -0.2) is 7.91 Å². The monoisotopic (exact) mass is 876 g/mol. The van der Waals surface area contributed by atoms with Crippen molar-refractivity contribution in [2.75, 3.05) is 30.5 Å². The first-order valence-corrected chi connectivity index (χ1v) is 19.6. The molecule has 296 valence electrons.